The van der Waals surface area contributed by atoms with Gasteiger partial charge in [0.15, 0.2) is 5.65 Å². The summed E-state index contributed by atoms with van der Waals surface area (Å²) in [5.74, 6) is 0. The summed E-state index contributed by atoms with van der Waals surface area (Å²) >= 11 is 0. The van der Waals surface area contributed by atoms with Crippen LogP contribution in [0.1, 0.15) is 0 Å². The Bertz CT molecular complexity index is 2060. The van der Waals surface area contributed by atoms with Crippen LogP contribution in [-0.2, 0) is 0 Å². The molecule has 0 radical (unpaired) electrons. The summed E-state index contributed by atoms with van der Waals surface area (Å²) in [6.07, 6.45) is 1.81. The summed E-state index contributed by atoms with van der Waals surface area (Å²) in [6, 6.07) is 36.6. The molecule has 0 bridgehead atoms. The van der Waals surface area contributed by atoms with E-state index in [9.17, 15) is 0 Å². The van der Waals surface area contributed by atoms with Crippen LogP contribution in [0.3, 0.4) is 0 Å². The van der Waals surface area contributed by atoms with E-state index in [0.29, 0.717) is 0 Å². The van der Waals surface area contributed by atoms with Gasteiger partial charge in [0.05, 0.1) is 22.1 Å². The zero-order valence-corrected chi connectivity index (χ0v) is 18.2. The maximum absolute atomic E-state index is 5.00. The maximum Gasteiger partial charge on any atom is 0.178 e. The van der Waals surface area contributed by atoms with E-state index in [1.165, 1.54) is 32.6 Å². The molecule has 4 nitrogen and oxygen atoms in total. The third-order valence-electron chi connectivity index (χ3n) is 6.93. The van der Waals surface area contributed by atoms with Crippen LogP contribution in [0.4, 0.5) is 0 Å². The van der Waals surface area contributed by atoms with Gasteiger partial charge in [-0.05, 0) is 53.9 Å². The van der Waals surface area contributed by atoms with Crippen molar-refractivity contribution in [2.24, 2.45) is 0 Å². The third kappa shape index (κ3) is 2.22. The highest BCUT2D eigenvalue weighted by atomic mass is 15.1. The van der Waals surface area contributed by atoms with Crippen LogP contribution < -0.4 is 0 Å². The first-order valence-corrected chi connectivity index (χ1v) is 11.4. The molecule has 4 heteroatoms. The van der Waals surface area contributed by atoms with E-state index < -0.39 is 0 Å². The number of benzene rings is 4. The number of para-hydroxylation sites is 3. The van der Waals surface area contributed by atoms with E-state index in [4.69, 9.17) is 4.98 Å². The van der Waals surface area contributed by atoms with Gasteiger partial charge in [-0.1, -0.05) is 54.6 Å². The van der Waals surface area contributed by atoms with Gasteiger partial charge >= 0.3 is 0 Å². The van der Waals surface area contributed by atoms with Crippen molar-refractivity contribution in [3.05, 3.63) is 109 Å². The Morgan fingerprint density at radius 3 is 2.06 bits per heavy atom. The highest BCUT2D eigenvalue weighted by molar-refractivity contribution is 6.21. The largest absolute Gasteiger partial charge is 0.309 e. The Kier molecular flexibility index (Phi) is 3.36. The van der Waals surface area contributed by atoms with E-state index in [2.05, 4.69) is 111 Å². The lowest BCUT2D eigenvalue weighted by Crippen LogP contribution is -1.94. The minimum Gasteiger partial charge on any atom is -0.309 e. The number of hydrogen-bond donors (Lipinski definition) is 0. The van der Waals surface area contributed by atoms with Crippen molar-refractivity contribution in [3.8, 4) is 5.69 Å². The number of nitrogens with zero attached hydrogens (tertiary/aromatic N) is 4. The molecule has 0 saturated heterocycles. The van der Waals surface area contributed by atoms with E-state index in [-0.39, 0.29) is 0 Å². The molecule has 0 amide bonds. The van der Waals surface area contributed by atoms with Crippen molar-refractivity contribution in [3.63, 3.8) is 0 Å². The normalized spacial score (nSPS) is 12.1. The van der Waals surface area contributed by atoms with Gasteiger partial charge in [0.1, 0.15) is 5.65 Å². The first kappa shape index (κ1) is 17.8. The lowest BCUT2D eigenvalue weighted by molar-refractivity contribution is 1.18. The predicted molar refractivity (Wildman–Crippen MR) is 140 cm³/mol. The molecule has 4 heterocycles. The Morgan fingerprint density at radius 2 is 1.21 bits per heavy atom. The number of imidazole rings is 1. The van der Waals surface area contributed by atoms with Gasteiger partial charge in [-0.25, -0.2) is 9.97 Å². The number of hydrogen-bond acceptors (Lipinski definition) is 2. The number of fused-ring (bicyclic) bond motifs is 11. The fourth-order valence-corrected chi connectivity index (χ4v) is 5.51. The molecule has 0 aliphatic rings. The van der Waals surface area contributed by atoms with Crippen molar-refractivity contribution >= 4 is 60.3 Å². The molecule has 0 saturated carbocycles. The summed E-state index contributed by atoms with van der Waals surface area (Å²) < 4.78 is 4.61. The average molecular weight is 435 g/mol. The number of pyridine rings is 2. The van der Waals surface area contributed by atoms with Gasteiger partial charge in [0.2, 0.25) is 0 Å². The lowest BCUT2D eigenvalue weighted by Gasteiger charge is -2.11. The van der Waals surface area contributed by atoms with Gasteiger partial charge in [-0.3, -0.25) is 4.40 Å². The van der Waals surface area contributed by atoms with E-state index >= 15 is 0 Å². The molecule has 0 fully saturated rings. The van der Waals surface area contributed by atoms with Gasteiger partial charge in [-0.2, -0.15) is 0 Å². The minimum atomic E-state index is 0.767. The van der Waals surface area contributed by atoms with Gasteiger partial charge < -0.3 is 4.57 Å². The molecule has 158 valence electrons. The van der Waals surface area contributed by atoms with Crippen molar-refractivity contribution in [1.82, 2.24) is 18.9 Å². The molecule has 0 unspecified atom stereocenters. The van der Waals surface area contributed by atoms with Crippen molar-refractivity contribution in [2.75, 3.05) is 0 Å². The smallest absolute Gasteiger partial charge is 0.178 e. The van der Waals surface area contributed by atoms with Crippen LogP contribution in [0.25, 0.3) is 66.0 Å². The fourth-order valence-electron chi connectivity index (χ4n) is 5.51. The first-order chi connectivity index (χ1) is 16.9. The van der Waals surface area contributed by atoms with Crippen LogP contribution in [0.2, 0.25) is 0 Å². The molecular formula is C30H18N4. The summed E-state index contributed by atoms with van der Waals surface area (Å²) in [5.41, 5.74) is 7.41. The van der Waals surface area contributed by atoms with Crippen LogP contribution in [-0.4, -0.2) is 18.9 Å². The molecule has 8 aromatic rings. The molecule has 0 N–H and O–H groups in total. The SMILES string of the molecule is c1ccc(-n2c3ccccc3c3cc4c5ccccc5n5c6cccnc6nc5c4cc32)cc1. The molecule has 0 spiro atoms. The summed E-state index contributed by atoms with van der Waals surface area (Å²) in [5, 5.41) is 6.05. The third-order valence-corrected chi connectivity index (χ3v) is 6.93. The lowest BCUT2D eigenvalue weighted by atomic mass is 10.0. The number of aromatic nitrogens is 4. The Balaban J connectivity index is 1.67. The first-order valence-electron chi connectivity index (χ1n) is 11.4. The molecule has 4 aromatic carbocycles. The molecule has 0 atom stereocenters. The Labute approximate surface area is 194 Å². The average Bonchev–Trinajstić information content (AvgIpc) is 3.45. The zero-order chi connectivity index (χ0) is 22.2. The van der Waals surface area contributed by atoms with Crippen molar-refractivity contribution in [2.45, 2.75) is 0 Å². The molecule has 34 heavy (non-hydrogen) atoms. The fraction of sp³-hybridized carbons (Fsp3) is 0. The second-order valence-corrected chi connectivity index (χ2v) is 8.74. The highest BCUT2D eigenvalue weighted by Crippen LogP contribution is 2.39. The van der Waals surface area contributed by atoms with E-state index in [1.807, 2.05) is 12.3 Å². The van der Waals surface area contributed by atoms with Crippen LogP contribution in [0.15, 0.2) is 109 Å². The summed E-state index contributed by atoms with van der Waals surface area (Å²) in [4.78, 5) is 9.56. The molecular weight excluding hydrogens is 416 g/mol. The second kappa shape index (κ2) is 6.42. The zero-order valence-electron chi connectivity index (χ0n) is 18.2. The molecule has 8 rings (SSSR count). The quantitative estimate of drug-likeness (QED) is 0.254. The van der Waals surface area contributed by atoms with E-state index in [0.717, 1.165) is 33.4 Å². The van der Waals surface area contributed by atoms with Crippen molar-refractivity contribution < 1.29 is 0 Å². The van der Waals surface area contributed by atoms with Crippen LogP contribution >= 0.6 is 0 Å². The van der Waals surface area contributed by atoms with Crippen molar-refractivity contribution in [1.29, 1.82) is 0 Å². The van der Waals surface area contributed by atoms with E-state index in [1.54, 1.807) is 0 Å². The summed E-state index contributed by atoms with van der Waals surface area (Å²) in [7, 11) is 0. The standard InChI is InChI=1S/C30H18N4/c1-2-9-19(10-3-1)33-25-13-6-5-12-21(25)23-17-22-20-11-4-7-14-26(20)34-27-15-8-16-31-29(27)32-30(34)24(22)18-28(23)33/h1-18H. The second-order valence-electron chi connectivity index (χ2n) is 8.74. The van der Waals surface area contributed by atoms with Gasteiger partial charge in [0.25, 0.3) is 0 Å². The highest BCUT2D eigenvalue weighted by Gasteiger charge is 2.18. The van der Waals surface area contributed by atoms with Crippen LogP contribution in [0, 0.1) is 0 Å². The monoisotopic (exact) mass is 434 g/mol. The topological polar surface area (TPSA) is 35.1 Å². The predicted octanol–water partition coefficient (Wildman–Crippen LogP) is 7.29. The van der Waals surface area contributed by atoms with Gasteiger partial charge in [0, 0.05) is 33.4 Å². The molecule has 0 aliphatic carbocycles. The molecule has 4 aromatic heterocycles. The summed E-state index contributed by atoms with van der Waals surface area (Å²) in [6.45, 7) is 0. The maximum atomic E-state index is 5.00. The number of rotatable bonds is 1. The Morgan fingerprint density at radius 1 is 0.500 bits per heavy atom. The molecule has 0 aliphatic heterocycles. The van der Waals surface area contributed by atoms with Gasteiger partial charge in [-0.15, -0.1) is 0 Å². The Hall–Kier alpha value is -4.70. The minimum absolute atomic E-state index is 0.767. The van der Waals surface area contributed by atoms with Crippen LogP contribution in [0.5, 0.6) is 0 Å².